The van der Waals surface area contributed by atoms with Gasteiger partial charge in [-0.3, -0.25) is 4.90 Å². The van der Waals surface area contributed by atoms with Crippen LogP contribution in [-0.2, 0) is 13.1 Å². The molecule has 3 heteroatoms. The summed E-state index contributed by atoms with van der Waals surface area (Å²) < 4.78 is 5.72. The molecule has 20 heavy (non-hydrogen) atoms. The van der Waals surface area contributed by atoms with Gasteiger partial charge in [-0.05, 0) is 29.7 Å². The van der Waals surface area contributed by atoms with Crippen molar-refractivity contribution in [3.8, 4) is 5.75 Å². The molecule has 0 atom stereocenters. The molecule has 104 valence electrons. The second-order valence-corrected chi connectivity index (χ2v) is 5.25. The van der Waals surface area contributed by atoms with Gasteiger partial charge in [-0.25, -0.2) is 0 Å². The second kappa shape index (κ2) is 5.97. The van der Waals surface area contributed by atoms with E-state index in [4.69, 9.17) is 10.5 Å². The monoisotopic (exact) mass is 268 g/mol. The molecule has 0 amide bonds. The van der Waals surface area contributed by atoms with Crippen LogP contribution in [0.4, 0.5) is 5.69 Å². The summed E-state index contributed by atoms with van der Waals surface area (Å²) in [6, 6.07) is 16.3. The van der Waals surface area contributed by atoms with Crippen LogP contribution in [0.15, 0.2) is 48.5 Å². The van der Waals surface area contributed by atoms with Crippen molar-refractivity contribution < 1.29 is 4.74 Å². The van der Waals surface area contributed by atoms with E-state index in [0.29, 0.717) is 0 Å². The first kappa shape index (κ1) is 13.0. The molecule has 0 saturated carbocycles. The zero-order valence-electron chi connectivity index (χ0n) is 11.6. The van der Waals surface area contributed by atoms with Gasteiger partial charge in [-0.15, -0.1) is 0 Å². The molecule has 0 spiro atoms. The first-order chi connectivity index (χ1) is 9.81. The number of hydrogen-bond acceptors (Lipinski definition) is 3. The van der Waals surface area contributed by atoms with Crippen molar-refractivity contribution in [2.24, 2.45) is 0 Å². The predicted octanol–water partition coefficient (Wildman–Crippen LogP) is 3.05. The van der Waals surface area contributed by atoms with Crippen LogP contribution < -0.4 is 10.5 Å². The van der Waals surface area contributed by atoms with Gasteiger partial charge in [0.25, 0.3) is 0 Å². The van der Waals surface area contributed by atoms with Crippen LogP contribution in [0.2, 0.25) is 0 Å². The Labute approximate surface area is 120 Å². The van der Waals surface area contributed by atoms with Crippen LogP contribution >= 0.6 is 0 Å². The van der Waals surface area contributed by atoms with Crippen LogP contribution in [0.3, 0.4) is 0 Å². The van der Waals surface area contributed by atoms with Crippen molar-refractivity contribution >= 4 is 5.69 Å². The summed E-state index contributed by atoms with van der Waals surface area (Å²) in [6.45, 7) is 3.93. The van der Waals surface area contributed by atoms with Crippen molar-refractivity contribution in [1.29, 1.82) is 0 Å². The van der Waals surface area contributed by atoms with Crippen molar-refractivity contribution in [2.45, 2.75) is 19.5 Å². The number of anilines is 1. The number of nitrogen functional groups attached to an aromatic ring is 1. The van der Waals surface area contributed by atoms with E-state index >= 15 is 0 Å². The standard InChI is InChI=1S/C17H20N2O/c18-16-7-3-8-17(11-16)20-10-4-9-19-12-14-5-1-2-6-15(14)13-19/h1-3,5-8,11H,4,9-10,12-13,18H2. The first-order valence-corrected chi connectivity index (χ1v) is 7.09. The number of nitrogens with two attached hydrogens (primary N) is 1. The molecular weight excluding hydrogens is 248 g/mol. The Morgan fingerprint density at radius 3 is 2.45 bits per heavy atom. The third-order valence-corrected chi connectivity index (χ3v) is 3.65. The summed E-state index contributed by atoms with van der Waals surface area (Å²) in [5, 5.41) is 0. The number of nitrogens with zero attached hydrogens (tertiary/aromatic N) is 1. The molecule has 0 fully saturated rings. The van der Waals surface area contributed by atoms with E-state index in [1.165, 1.54) is 11.1 Å². The van der Waals surface area contributed by atoms with Crippen molar-refractivity contribution in [3.05, 3.63) is 59.7 Å². The summed E-state index contributed by atoms with van der Waals surface area (Å²) in [4.78, 5) is 2.47. The van der Waals surface area contributed by atoms with Gasteiger partial charge < -0.3 is 10.5 Å². The van der Waals surface area contributed by atoms with Gasteiger partial charge in [0, 0.05) is 31.4 Å². The van der Waals surface area contributed by atoms with Gasteiger partial charge in [0.15, 0.2) is 0 Å². The molecule has 0 saturated heterocycles. The van der Waals surface area contributed by atoms with E-state index in [1.807, 2.05) is 24.3 Å². The van der Waals surface area contributed by atoms with Crippen LogP contribution in [0.1, 0.15) is 17.5 Å². The maximum atomic E-state index is 5.72. The Morgan fingerprint density at radius 1 is 1.00 bits per heavy atom. The Kier molecular flexibility index (Phi) is 3.88. The highest BCUT2D eigenvalue weighted by Crippen LogP contribution is 2.22. The zero-order valence-corrected chi connectivity index (χ0v) is 11.6. The fraction of sp³-hybridized carbons (Fsp3) is 0.294. The minimum Gasteiger partial charge on any atom is -0.493 e. The van der Waals surface area contributed by atoms with E-state index in [0.717, 1.165) is 44.1 Å². The molecule has 0 bridgehead atoms. The minimum absolute atomic E-state index is 0.732. The maximum Gasteiger partial charge on any atom is 0.121 e. The van der Waals surface area contributed by atoms with E-state index < -0.39 is 0 Å². The van der Waals surface area contributed by atoms with Crippen molar-refractivity contribution in [1.82, 2.24) is 4.90 Å². The van der Waals surface area contributed by atoms with E-state index in [-0.39, 0.29) is 0 Å². The number of ether oxygens (including phenoxy) is 1. The average molecular weight is 268 g/mol. The van der Waals surface area contributed by atoms with Crippen molar-refractivity contribution in [2.75, 3.05) is 18.9 Å². The molecule has 0 aliphatic carbocycles. The van der Waals surface area contributed by atoms with Crippen molar-refractivity contribution in [3.63, 3.8) is 0 Å². The molecule has 1 aliphatic heterocycles. The summed E-state index contributed by atoms with van der Waals surface area (Å²) in [5.41, 5.74) is 9.40. The fourth-order valence-electron chi connectivity index (χ4n) is 2.64. The molecule has 2 N–H and O–H groups in total. The normalized spacial score (nSPS) is 14.2. The molecule has 2 aromatic rings. The first-order valence-electron chi connectivity index (χ1n) is 7.09. The lowest BCUT2D eigenvalue weighted by Crippen LogP contribution is -2.19. The predicted molar refractivity (Wildman–Crippen MR) is 81.5 cm³/mol. The smallest absolute Gasteiger partial charge is 0.121 e. The molecule has 1 aliphatic rings. The van der Waals surface area contributed by atoms with E-state index in [1.54, 1.807) is 0 Å². The van der Waals surface area contributed by atoms with Gasteiger partial charge in [0.2, 0.25) is 0 Å². The second-order valence-electron chi connectivity index (χ2n) is 5.25. The van der Waals surface area contributed by atoms with Gasteiger partial charge >= 0.3 is 0 Å². The Balaban J connectivity index is 1.41. The molecule has 0 radical (unpaired) electrons. The Morgan fingerprint density at radius 2 is 1.75 bits per heavy atom. The average Bonchev–Trinajstić information content (AvgIpc) is 2.86. The number of rotatable bonds is 5. The Bertz CT molecular complexity index is 558. The van der Waals surface area contributed by atoms with Gasteiger partial charge in [0.05, 0.1) is 6.61 Å². The zero-order chi connectivity index (χ0) is 13.8. The fourth-order valence-corrected chi connectivity index (χ4v) is 2.64. The highest BCUT2D eigenvalue weighted by molar-refractivity contribution is 5.43. The summed E-state index contributed by atoms with van der Waals surface area (Å²) >= 11 is 0. The van der Waals surface area contributed by atoms with E-state index in [9.17, 15) is 0 Å². The molecule has 3 nitrogen and oxygen atoms in total. The highest BCUT2D eigenvalue weighted by atomic mass is 16.5. The molecular formula is C17H20N2O. The molecule has 1 heterocycles. The van der Waals surface area contributed by atoms with Gasteiger partial charge in [0.1, 0.15) is 5.75 Å². The third-order valence-electron chi connectivity index (χ3n) is 3.65. The van der Waals surface area contributed by atoms with Crippen LogP contribution in [0, 0.1) is 0 Å². The lowest BCUT2D eigenvalue weighted by molar-refractivity contribution is 0.238. The van der Waals surface area contributed by atoms with Crippen LogP contribution in [0.5, 0.6) is 5.75 Å². The molecule has 3 rings (SSSR count). The molecule has 0 aromatic heterocycles. The SMILES string of the molecule is Nc1cccc(OCCCN2Cc3ccccc3C2)c1. The minimum atomic E-state index is 0.732. The highest BCUT2D eigenvalue weighted by Gasteiger charge is 2.17. The number of fused-ring (bicyclic) bond motifs is 1. The van der Waals surface area contributed by atoms with Gasteiger partial charge in [-0.2, -0.15) is 0 Å². The third kappa shape index (κ3) is 3.11. The quantitative estimate of drug-likeness (QED) is 0.669. The molecule has 0 unspecified atom stereocenters. The Hall–Kier alpha value is -2.00. The largest absolute Gasteiger partial charge is 0.493 e. The van der Waals surface area contributed by atoms with Crippen LogP contribution in [-0.4, -0.2) is 18.1 Å². The topological polar surface area (TPSA) is 38.5 Å². The van der Waals surface area contributed by atoms with E-state index in [2.05, 4.69) is 29.2 Å². The lowest BCUT2D eigenvalue weighted by atomic mass is 10.1. The van der Waals surface area contributed by atoms with Crippen LogP contribution in [0.25, 0.3) is 0 Å². The summed E-state index contributed by atoms with van der Waals surface area (Å²) in [5.74, 6) is 0.856. The molecule has 2 aromatic carbocycles. The number of benzene rings is 2. The maximum absolute atomic E-state index is 5.72. The summed E-state index contributed by atoms with van der Waals surface area (Å²) in [7, 11) is 0. The van der Waals surface area contributed by atoms with Gasteiger partial charge in [-0.1, -0.05) is 30.3 Å². The number of hydrogen-bond donors (Lipinski definition) is 1. The summed E-state index contributed by atoms with van der Waals surface area (Å²) in [6.07, 6.45) is 1.03. The lowest BCUT2D eigenvalue weighted by Gasteiger charge is -2.14.